The molecule has 3 heterocycles. The topological polar surface area (TPSA) is 78.9 Å². The van der Waals surface area contributed by atoms with Crippen LogP contribution in [-0.4, -0.2) is 56.4 Å². The van der Waals surface area contributed by atoms with Gasteiger partial charge in [0.15, 0.2) is 11.5 Å². The van der Waals surface area contributed by atoms with E-state index in [1.54, 1.807) is 22.5 Å². The predicted octanol–water partition coefficient (Wildman–Crippen LogP) is 2.70. The summed E-state index contributed by atoms with van der Waals surface area (Å²) in [4.78, 5) is 0.233. The molecular weight excluding hydrogens is 368 g/mol. The molecule has 0 aromatic heterocycles. The van der Waals surface area contributed by atoms with Crippen LogP contribution in [0.4, 0.5) is 0 Å². The van der Waals surface area contributed by atoms with E-state index in [9.17, 15) is 13.6 Å². The van der Waals surface area contributed by atoms with E-state index in [0.717, 1.165) is 25.7 Å². The van der Waals surface area contributed by atoms with Crippen molar-refractivity contribution in [1.29, 1.82) is 0 Å². The molecule has 1 aromatic rings. The van der Waals surface area contributed by atoms with E-state index in [1.165, 1.54) is 0 Å². The monoisotopic (exact) mass is 396 g/mol. The lowest BCUT2D eigenvalue weighted by Crippen LogP contribution is -2.50. The van der Waals surface area contributed by atoms with Gasteiger partial charge in [-0.2, -0.15) is 4.31 Å². The van der Waals surface area contributed by atoms with Crippen molar-refractivity contribution in [1.82, 2.24) is 4.31 Å². The van der Waals surface area contributed by atoms with Gasteiger partial charge in [-0.25, -0.2) is 8.42 Å². The first-order valence-corrected chi connectivity index (χ1v) is 11.3. The highest BCUT2D eigenvalue weighted by atomic mass is 32.2. The zero-order valence-corrected chi connectivity index (χ0v) is 16.6. The number of likely N-dealkylation sites (tertiary alicyclic amines) is 1. The lowest BCUT2D eigenvalue weighted by Gasteiger charge is -2.47. The summed E-state index contributed by atoms with van der Waals surface area (Å²) in [5, 5.41) is 12.9. The van der Waals surface area contributed by atoms with Crippen LogP contribution >= 0.6 is 0 Å². The summed E-state index contributed by atoms with van der Waals surface area (Å²) in [6.45, 7) is 4.64. The maximum absolute atomic E-state index is 13.2. The van der Waals surface area contributed by atoms with Crippen LogP contribution in [0.3, 0.4) is 0 Å². The third kappa shape index (κ3) is 3.81. The number of piperidine rings is 1. The van der Waals surface area contributed by atoms with Crippen LogP contribution in [0.25, 0.3) is 0 Å². The van der Waals surface area contributed by atoms with Crippen molar-refractivity contribution in [3.63, 3.8) is 0 Å². The van der Waals surface area contributed by atoms with Gasteiger partial charge in [0, 0.05) is 25.1 Å². The minimum absolute atomic E-state index is 0.0938. The zero-order valence-electron chi connectivity index (χ0n) is 15.8. The van der Waals surface area contributed by atoms with Gasteiger partial charge in [-0.15, -0.1) is 0 Å². The first kappa shape index (κ1) is 19.0. The number of ether oxygens (including phenoxy) is 2. The molecule has 0 saturated carbocycles. The number of rotatable bonds is 5. The van der Waals surface area contributed by atoms with Gasteiger partial charge in [0.1, 0.15) is 0 Å². The molecule has 8 heteroatoms. The van der Waals surface area contributed by atoms with Crippen LogP contribution in [0.15, 0.2) is 23.1 Å². The van der Waals surface area contributed by atoms with Crippen LogP contribution in [-0.2, 0) is 10.0 Å². The fraction of sp³-hybridized carbons (Fsp3) is 0.684. The molecule has 1 aromatic carbocycles. The molecule has 0 radical (unpaired) electrons. The van der Waals surface area contributed by atoms with Crippen molar-refractivity contribution in [3.05, 3.63) is 23.4 Å². The summed E-state index contributed by atoms with van der Waals surface area (Å²) in [5.41, 5.74) is 0. The van der Waals surface area contributed by atoms with E-state index in [4.69, 9.17) is 9.47 Å². The Labute approximate surface area is 161 Å². The molecule has 2 fully saturated rings. The second-order valence-electron chi connectivity index (χ2n) is 8.13. The molecule has 0 amide bonds. The van der Waals surface area contributed by atoms with E-state index in [1.807, 2.05) is 0 Å². The van der Waals surface area contributed by atoms with Crippen LogP contribution in [0, 0.1) is 11.1 Å². The van der Waals surface area contributed by atoms with E-state index in [0.29, 0.717) is 50.0 Å². The summed E-state index contributed by atoms with van der Waals surface area (Å²) in [6, 6.07) is 4.67. The van der Waals surface area contributed by atoms with Crippen LogP contribution in [0.2, 0.25) is 0 Å². The second kappa shape index (κ2) is 7.24. The SMILES string of the molecule is CC1CC[N+]([O-])(CCC2CCCN2S(=O)(=O)c2ccc3c(c2)OCO3)CC1. The molecule has 0 aliphatic carbocycles. The van der Waals surface area contributed by atoms with Crippen LogP contribution in [0.1, 0.15) is 39.0 Å². The van der Waals surface area contributed by atoms with Gasteiger partial charge < -0.3 is 19.3 Å². The average Bonchev–Trinajstić information content (AvgIpc) is 3.31. The van der Waals surface area contributed by atoms with E-state index in [2.05, 4.69) is 6.92 Å². The number of fused-ring (bicyclic) bond motifs is 1. The Morgan fingerprint density at radius 3 is 2.70 bits per heavy atom. The van der Waals surface area contributed by atoms with Crippen molar-refractivity contribution < 1.29 is 22.5 Å². The first-order chi connectivity index (χ1) is 12.9. The Hall–Kier alpha value is -1.35. The van der Waals surface area contributed by atoms with Gasteiger partial charge in [0.25, 0.3) is 0 Å². The molecule has 1 unspecified atom stereocenters. The minimum Gasteiger partial charge on any atom is -0.633 e. The Balaban J connectivity index is 1.46. The summed E-state index contributed by atoms with van der Waals surface area (Å²) < 4.78 is 38.3. The Morgan fingerprint density at radius 2 is 1.93 bits per heavy atom. The Kier molecular flexibility index (Phi) is 5.09. The molecule has 0 N–H and O–H groups in total. The van der Waals surface area contributed by atoms with Crippen LogP contribution in [0.5, 0.6) is 11.5 Å². The van der Waals surface area contributed by atoms with Crippen molar-refractivity contribution in [2.24, 2.45) is 5.92 Å². The van der Waals surface area contributed by atoms with Gasteiger partial charge in [-0.05, 0) is 43.7 Å². The van der Waals surface area contributed by atoms with E-state index < -0.39 is 10.0 Å². The molecule has 7 nitrogen and oxygen atoms in total. The van der Waals surface area contributed by atoms with Crippen molar-refractivity contribution in [2.75, 3.05) is 33.0 Å². The molecule has 0 spiro atoms. The third-order valence-electron chi connectivity index (χ3n) is 6.20. The molecule has 2 saturated heterocycles. The lowest BCUT2D eigenvalue weighted by molar-refractivity contribution is -0.887. The standard InChI is InChI=1S/C19H28N2O5S/c1-15-6-10-21(22,11-7-15)12-8-16-3-2-9-20(16)27(23,24)17-4-5-18-19(13-17)26-14-25-18/h4-5,13,15-16H,2-3,6-12,14H2,1H3. The number of sulfonamides is 1. The fourth-order valence-corrected chi connectivity index (χ4v) is 6.10. The largest absolute Gasteiger partial charge is 0.633 e. The highest BCUT2D eigenvalue weighted by Gasteiger charge is 2.37. The van der Waals surface area contributed by atoms with Gasteiger partial charge >= 0.3 is 0 Å². The normalized spacial score (nSPS) is 31.3. The number of benzene rings is 1. The highest BCUT2D eigenvalue weighted by Crippen LogP contribution is 2.36. The molecule has 3 aliphatic rings. The van der Waals surface area contributed by atoms with Crippen molar-refractivity contribution >= 4 is 10.0 Å². The lowest BCUT2D eigenvalue weighted by atomic mass is 9.98. The number of hydrogen-bond donors (Lipinski definition) is 0. The molecule has 4 rings (SSSR count). The quantitative estimate of drug-likeness (QED) is 0.565. The van der Waals surface area contributed by atoms with Gasteiger partial charge in [-0.1, -0.05) is 6.92 Å². The smallest absolute Gasteiger partial charge is 0.243 e. The molecule has 150 valence electrons. The average molecular weight is 397 g/mol. The summed E-state index contributed by atoms with van der Waals surface area (Å²) >= 11 is 0. The second-order valence-corrected chi connectivity index (χ2v) is 10.0. The van der Waals surface area contributed by atoms with Gasteiger partial charge in [0.05, 0.1) is 24.5 Å². The van der Waals surface area contributed by atoms with E-state index in [-0.39, 0.29) is 22.4 Å². The fourth-order valence-electron chi connectivity index (χ4n) is 4.36. The minimum atomic E-state index is -3.60. The summed E-state index contributed by atoms with van der Waals surface area (Å²) in [7, 11) is -3.60. The number of quaternary nitrogens is 1. The maximum atomic E-state index is 13.2. The molecule has 1 atom stereocenters. The van der Waals surface area contributed by atoms with Gasteiger partial charge in [0.2, 0.25) is 16.8 Å². The number of hydrogen-bond acceptors (Lipinski definition) is 5. The van der Waals surface area contributed by atoms with Crippen molar-refractivity contribution in [3.8, 4) is 11.5 Å². The Bertz CT molecular complexity index is 789. The van der Waals surface area contributed by atoms with E-state index >= 15 is 0 Å². The predicted molar refractivity (Wildman–Crippen MR) is 101 cm³/mol. The molecule has 3 aliphatic heterocycles. The molecule has 27 heavy (non-hydrogen) atoms. The first-order valence-electron chi connectivity index (χ1n) is 9.86. The summed E-state index contributed by atoms with van der Waals surface area (Å²) in [5.74, 6) is 1.67. The highest BCUT2D eigenvalue weighted by molar-refractivity contribution is 7.89. The maximum Gasteiger partial charge on any atom is 0.243 e. The third-order valence-corrected chi connectivity index (χ3v) is 8.15. The van der Waals surface area contributed by atoms with Crippen LogP contribution < -0.4 is 9.47 Å². The number of nitrogens with zero attached hydrogens (tertiary/aromatic N) is 2. The van der Waals surface area contributed by atoms with Crippen molar-refractivity contribution in [2.45, 2.75) is 50.0 Å². The number of hydroxylamine groups is 3. The Morgan fingerprint density at radius 1 is 1.19 bits per heavy atom. The zero-order chi connectivity index (χ0) is 19.1. The molecule has 0 bridgehead atoms. The van der Waals surface area contributed by atoms with Gasteiger partial charge in [-0.3, -0.25) is 0 Å². The summed E-state index contributed by atoms with van der Waals surface area (Å²) in [6.07, 6.45) is 4.22. The molecular formula is C19H28N2O5S.